The molecule has 2 amide bonds. The van der Waals surface area contributed by atoms with E-state index in [4.69, 9.17) is 66.3 Å². The lowest BCUT2D eigenvalue weighted by molar-refractivity contribution is -0.399. The van der Waals surface area contributed by atoms with Gasteiger partial charge in [-0.25, -0.2) is 0 Å². The Balaban J connectivity index is 0.939. The van der Waals surface area contributed by atoms with Crippen LogP contribution in [0, 0.1) is 0 Å². The molecule has 0 aromatic rings. The maximum absolute atomic E-state index is 13.6. The molecule has 0 spiro atoms. The molecule has 37 atom stereocenters. The van der Waals surface area contributed by atoms with Gasteiger partial charge in [0, 0.05) is 13.3 Å². The summed E-state index contributed by atoms with van der Waals surface area (Å²) < 4.78 is 81.4. The molecule has 40 nitrogen and oxygen atoms in total. The van der Waals surface area contributed by atoms with Gasteiger partial charge in [-0.05, 0) is 19.3 Å². The third-order valence-corrected chi connectivity index (χ3v) is 24.4. The van der Waals surface area contributed by atoms with Gasteiger partial charge in [0.25, 0.3) is 0 Å². The van der Waals surface area contributed by atoms with Crippen molar-refractivity contribution in [3.8, 4) is 0 Å². The highest BCUT2D eigenvalue weighted by atomic mass is 16.8. The second-order valence-corrected chi connectivity index (χ2v) is 34.1. The van der Waals surface area contributed by atoms with E-state index in [1.807, 2.05) is 6.08 Å². The predicted octanol–water partition coefficient (Wildman–Crippen LogP) is -3.18. The highest BCUT2D eigenvalue weighted by Crippen LogP contribution is 2.39. The molecule has 40 heteroatoms. The number of nitrogens with one attached hydrogen (secondary N) is 2. The number of rotatable bonds is 58. The monoisotopic (exact) mass is 1800 g/mol. The molecular weight excluding hydrogens is 1640 g/mol. The van der Waals surface area contributed by atoms with Gasteiger partial charge in [-0.2, -0.15) is 0 Å². The van der Waals surface area contributed by atoms with Gasteiger partial charge in [-0.15, -0.1) is 0 Å². The van der Waals surface area contributed by atoms with Gasteiger partial charge >= 0.3 is 0 Å². The third-order valence-electron chi connectivity index (χ3n) is 24.4. The van der Waals surface area contributed by atoms with E-state index in [1.165, 1.54) is 135 Å². The van der Waals surface area contributed by atoms with Crippen LogP contribution in [0.4, 0.5) is 0 Å². The Morgan fingerprint density at radius 1 is 0.315 bits per heavy atom. The molecule has 0 aliphatic carbocycles. The molecule has 124 heavy (non-hydrogen) atoms. The topological polar surface area (TPSA) is 632 Å². The first-order valence-corrected chi connectivity index (χ1v) is 45.5. The fourth-order valence-electron chi connectivity index (χ4n) is 16.9. The van der Waals surface area contributed by atoms with E-state index in [9.17, 15) is 122 Å². The second kappa shape index (κ2) is 57.6. The minimum absolute atomic E-state index is 0.173. The average Bonchev–Trinajstić information content (AvgIpc) is 0.768. The molecule has 726 valence electrons. The zero-order chi connectivity index (χ0) is 90.5. The fourth-order valence-corrected chi connectivity index (χ4v) is 16.9. The quantitative estimate of drug-likeness (QED) is 0.0211. The molecular formula is C84H152N2O38. The molecule has 0 radical (unpaired) electrons. The Labute approximate surface area is 726 Å². The number of hydrogen-bond acceptors (Lipinski definition) is 38. The molecule has 14 unspecified atom stereocenters. The first kappa shape index (κ1) is 108. The van der Waals surface area contributed by atoms with Crippen LogP contribution in [0.2, 0.25) is 0 Å². The molecule has 7 heterocycles. The van der Waals surface area contributed by atoms with Gasteiger partial charge in [0.05, 0.1) is 65.0 Å². The minimum atomic E-state index is -2.35. The van der Waals surface area contributed by atoms with Crippen molar-refractivity contribution in [3.63, 3.8) is 0 Å². The summed E-state index contributed by atoms with van der Waals surface area (Å²) in [6.45, 7) is -2.17. The van der Waals surface area contributed by atoms with Crippen molar-refractivity contribution in [1.29, 1.82) is 0 Å². The highest BCUT2D eigenvalue weighted by Gasteiger charge is 2.59. The number of carbonyl (C=O) groups excluding carboxylic acids is 2. The second-order valence-electron chi connectivity index (χ2n) is 34.1. The lowest BCUT2D eigenvalue weighted by Gasteiger charge is -2.50. The van der Waals surface area contributed by atoms with Gasteiger partial charge in [-0.1, -0.05) is 206 Å². The van der Waals surface area contributed by atoms with Crippen LogP contribution in [0.1, 0.15) is 226 Å². The van der Waals surface area contributed by atoms with E-state index in [0.29, 0.717) is 12.8 Å². The van der Waals surface area contributed by atoms with E-state index >= 15 is 0 Å². The number of allylic oxidation sites excluding steroid dienone is 1. The van der Waals surface area contributed by atoms with E-state index in [0.717, 1.165) is 58.3 Å². The number of amides is 2. The van der Waals surface area contributed by atoms with Gasteiger partial charge in [0.1, 0.15) is 171 Å². The first-order valence-electron chi connectivity index (χ1n) is 45.5. The highest BCUT2D eigenvalue weighted by molar-refractivity contribution is 5.76. The molecule has 7 aliphatic rings. The van der Waals surface area contributed by atoms with Crippen molar-refractivity contribution in [2.75, 3.05) is 52.9 Å². The van der Waals surface area contributed by atoms with Crippen LogP contribution < -0.4 is 10.6 Å². The number of unbranched alkanes of at least 4 members (excludes halogenated alkanes) is 29. The standard InChI is InChI=1S/C84H152N2O38/c1-4-6-8-10-12-14-16-18-19-20-21-22-23-25-27-29-31-33-35-37-56(96)86-47(48(95)36-34-32-30-28-26-24-17-15-13-11-9-7-5-2)45-111-79-66(105)64(103)72(54(43-92)117-79)119-80-67(106)65(104)73(55(44-93)118-80)120-81-69(108)75(60(99)51(40-89)113-81)122-83-71(110)77(62(101)53(42-91)115-83)124-84-70(109)76(61(100)52(41-90)116-84)123-82-68(107)74(59(98)50(39-88)114-82)121-78-57(85-46(3)94)63(102)58(97)49(38-87)112-78/h34,36,47-55,57-84,87-93,95,97-110H,4-33,35,37-45H2,1-3H3,(H,85,94)(H,86,96)/b36-34+/t47-,48+,49?,50?,51?,52?,53?,54?,55?,57?,58-,59-,60-,61-,62-,63+,64+,65+,66?,67?,68?,69?,70?,71?,72+,73-,74-,75-,76-,77-,78-,79+,80-,81-,82+,83+,84+/m0/s1. The van der Waals surface area contributed by atoms with E-state index < -0.39 is 286 Å². The number of aliphatic hydroxyl groups is 22. The smallest absolute Gasteiger partial charge is 0.220 e. The van der Waals surface area contributed by atoms with Crippen LogP contribution in [0.3, 0.4) is 0 Å². The maximum atomic E-state index is 13.6. The van der Waals surface area contributed by atoms with Crippen LogP contribution in [-0.2, 0) is 75.9 Å². The lowest BCUT2D eigenvalue weighted by atomic mass is 9.94. The van der Waals surface area contributed by atoms with Crippen LogP contribution in [0.5, 0.6) is 0 Å². The number of ether oxygens (including phenoxy) is 14. The van der Waals surface area contributed by atoms with Crippen LogP contribution in [0.15, 0.2) is 12.2 Å². The summed E-state index contributed by atoms with van der Waals surface area (Å²) in [6, 6.07) is -2.69. The molecule has 7 saturated heterocycles. The molecule has 7 aliphatic heterocycles. The van der Waals surface area contributed by atoms with Gasteiger partial charge in [-0.3, -0.25) is 9.59 Å². The molecule has 0 aromatic heterocycles. The van der Waals surface area contributed by atoms with Crippen molar-refractivity contribution < 1.29 is 188 Å². The van der Waals surface area contributed by atoms with Crippen molar-refractivity contribution in [2.24, 2.45) is 0 Å². The summed E-state index contributed by atoms with van der Waals surface area (Å²) >= 11 is 0. The Morgan fingerprint density at radius 2 is 0.589 bits per heavy atom. The summed E-state index contributed by atoms with van der Waals surface area (Å²) in [6.07, 6.45) is -29.6. The SMILES string of the molecule is CCCCCCCCCCCCC/C=C/[C@@H](O)[C@H](CO[C@@H]1OC(CO)[C@@H](O[C@@H]2OC(CO)[C@H](O[C@@H]3OC(CO)[C@H](O)[C@H](O[C@H]4OC(CO)[C@H](O)[C@H](O[C@H]5OC(CO)[C@H](O)[C@H](O[C@H]6OC(CO)[C@H](O)[C@H](O[C@@H]7OC(CO)[C@H](O)[C@H](O)C7NC(C)=O)C6O)C5O)C4O)C3O)[C@H](O)C2O)[C@H](O)C1O)NC(=O)CCCCCCCCCCCCCCCCCCCCC. The summed E-state index contributed by atoms with van der Waals surface area (Å²) in [5.74, 6) is -1.12. The van der Waals surface area contributed by atoms with Crippen LogP contribution in [0.25, 0.3) is 0 Å². The Hall–Kier alpha value is -2.76. The Kier molecular flexibility index (Phi) is 50.3. The van der Waals surface area contributed by atoms with Crippen molar-refractivity contribution >= 4 is 11.8 Å². The van der Waals surface area contributed by atoms with Crippen molar-refractivity contribution in [2.45, 2.75) is 453 Å². The lowest BCUT2D eigenvalue weighted by Crippen LogP contribution is -2.69. The summed E-state index contributed by atoms with van der Waals surface area (Å²) in [7, 11) is 0. The first-order chi connectivity index (χ1) is 59.7. The molecule has 0 saturated carbocycles. The van der Waals surface area contributed by atoms with E-state index in [1.54, 1.807) is 6.08 Å². The van der Waals surface area contributed by atoms with E-state index in [-0.39, 0.29) is 12.3 Å². The molecule has 0 aromatic carbocycles. The van der Waals surface area contributed by atoms with Crippen LogP contribution in [-0.4, -0.2) is 404 Å². The van der Waals surface area contributed by atoms with Crippen molar-refractivity contribution in [3.05, 3.63) is 12.2 Å². The largest absolute Gasteiger partial charge is 0.394 e. The Bertz CT molecular complexity index is 2880. The number of aliphatic hydroxyl groups excluding tert-OH is 22. The molecule has 24 N–H and O–H groups in total. The van der Waals surface area contributed by atoms with Gasteiger partial charge in [0.2, 0.25) is 11.8 Å². The average molecular weight is 1800 g/mol. The normalized spacial score (nSPS) is 38.6. The zero-order valence-corrected chi connectivity index (χ0v) is 72.2. The molecule has 0 bridgehead atoms. The number of carbonyl (C=O) groups is 2. The van der Waals surface area contributed by atoms with Crippen LogP contribution >= 0.6 is 0 Å². The maximum Gasteiger partial charge on any atom is 0.220 e. The Morgan fingerprint density at radius 3 is 0.927 bits per heavy atom. The van der Waals surface area contributed by atoms with Gasteiger partial charge < -0.3 is 189 Å². The molecule has 7 rings (SSSR count). The molecule has 7 fully saturated rings. The third kappa shape index (κ3) is 32.0. The van der Waals surface area contributed by atoms with Gasteiger partial charge in [0.15, 0.2) is 44.0 Å². The number of hydrogen-bond donors (Lipinski definition) is 24. The van der Waals surface area contributed by atoms with Crippen molar-refractivity contribution in [1.82, 2.24) is 10.6 Å². The van der Waals surface area contributed by atoms with E-state index in [2.05, 4.69) is 24.5 Å². The fraction of sp³-hybridized carbons (Fsp3) is 0.952. The zero-order valence-electron chi connectivity index (χ0n) is 72.2. The minimum Gasteiger partial charge on any atom is -0.394 e. The summed E-state index contributed by atoms with van der Waals surface area (Å²) in [5, 5.41) is 251. The summed E-state index contributed by atoms with van der Waals surface area (Å²) in [5.41, 5.74) is 0. The predicted molar refractivity (Wildman–Crippen MR) is 433 cm³/mol. The summed E-state index contributed by atoms with van der Waals surface area (Å²) in [4.78, 5) is 25.7.